The van der Waals surface area contributed by atoms with E-state index in [4.69, 9.17) is 9.57 Å². The van der Waals surface area contributed by atoms with E-state index >= 15 is 0 Å². The van der Waals surface area contributed by atoms with Crippen LogP contribution in [-0.4, -0.2) is 58.6 Å². The predicted molar refractivity (Wildman–Crippen MR) is 131 cm³/mol. The van der Waals surface area contributed by atoms with Gasteiger partial charge >= 0.3 is 0 Å². The fourth-order valence-corrected chi connectivity index (χ4v) is 4.36. The van der Waals surface area contributed by atoms with Crippen molar-refractivity contribution in [1.29, 1.82) is 0 Å². The van der Waals surface area contributed by atoms with E-state index in [0.717, 1.165) is 49.5 Å². The molecule has 2 aromatic carbocycles. The zero-order valence-corrected chi connectivity index (χ0v) is 19.2. The zero-order chi connectivity index (χ0) is 24.0. The number of hydrogen-bond acceptors (Lipinski definition) is 7. The van der Waals surface area contributed by atoms with E-state index in [1.54, 1.807) is 6.21 Å². The number of aromatic nitrogens is 2. The molecule has 1 saturated heterocycles. The molecule has 0 spiro atoms. The lowest BCUT2D eigenvalue weighted by Gasteiger charge is -2.26. The Labute approximate surface area is 203 Å². The molecule has 8 nitrogen and oxygen atoms in total. The number of nitrogens with zero attached hydrogens (tertiary/aromatic N) is 3. The fraction of sp³-hybridized carbons (Fsp3) is 0.296. The number of rotatable bonds is 5. The van der Waals surface area contributed by atoms with Gasteiger partial charge in [-0.15, -0.1) is 0 Å². The molecule has 178 valence electrons. The monoisotopic (exact) mass is 470 g/mol. The summed E-state index contributed by atoms with van der Waals surface area (Å²) in [7, 11) is 0. The molecule has 3 aromatic rings. The lowest BCUT2D eigenvalue weighted by atomic mass is 9.87. The van der Waals surface area contributed by atoms with Gasteiger partial charge in [0.1, 0.15) is 11.8 Å². The summed E-state index contributed by atoms with van der Waals surface area (Å²) in [5, 5.41) is 14.3. The second-order valence-corrected chi connectivity index (χ2v) is 8.57. The van der Waals surface area contributed by atoms with Crippen LogP contribution in [0.15, 0.2) is 64.8 Å². The molecular weight excluding hydrogens is 444 g/mol. The van der Waals surface area contributed by atoms with Crippen LogP contribution in [0.1, 0.15) is 40.3 Å². The van der Waals surface area contributed by atoms with E-state index in [1.807, 2.05) is 36.4 Å². The molecule has 2 aliphatic heterocycles. The Morgan fingerprint density at radius 2 is 1.91 bits per heavy atom. The topological polar surface area (TPSA) is 100 Å². The minimum absolute atomic E-state index is 0.255. The van der Waals surface area contributed by atoms with Crippen LogP contribution in [0.25, 0.3) is 0 Å². The summed E-state index contributed by atoms with van der Waals surface area (Å²) in [5.41, 5.74) is 3.50. The van der Waals surface area contributed by atoms with Crippen molar-refractivity contribution in [3.63, 3.8) is 0 Å². The molecule has 1 fully saturated rings. The van der Waals surface area contributed by atoms with Gasteiger partial charge in [-0.05, 0) is 35.4 Å². The van der Waals surface area contributed by atoms with Crippen LogP contribution in [0.3, 0.4) is 0 Å². The molecule has 0 amide bonds. The molecule has 0 radical (unpaired) electrons. The van der Waals surface area contributed by atoms with Gasteiger partial charge < -0.3 is 19.7 Å². The van der Waals surface area contributed by atoms with Crippen molar-refractivity contribution in [3.8, 4) is 17.6 Å². The van der Waals surface area contributed by atoms with Gasteiger partial charge in [0.2, 0.25) is 5.75 Å². The number of H-pyrrole nitrogens is 1. The average Bonchev–Trinajstić information content (AvgIpc) is 3.42. The third kappa shape index (κ3) is 5.43. The molecule has 0 aliphatic carbocycles. The summed E-state index contributed by atoms with van der Waals surface area (Å²) in [5.74, 6) is 5.57. The standard InChI is InChI=1S/C27H26N4O4/c32-26-25(28-18-29-27(26)33)24(23-10-11-30-35-23)22-3-1-2-20(16-22)7-4-19-5-8-21(9-6-19)17-31-12-14-34-15-13-31/h1-3,5-6,8-9,11,16,18,23-24,32H,10,12-15,17H2,(H,28,29,33). The Bertz CT molecular complexity index is 1310. The van der Waals surface area contributed by atoms with Crippen LogP contribution in [0.2, 0.25) is 0 Å². The van der Waals surface area contributed by atoms with Gasteiger partial charge in [0, 0.05) is 43.4 Å². The largest absolute Gasteiger partial charge is 0.502 e. The van der Waals surface area contributed by atoms with Crippen LogP contribution in [0.5, 0.6) is 5.75 Å². The van der Waals surface area contributed by atoms with Crippen LogP contribution in [0, 0.1) is 11.8 Å². The molecule has 35 heavy (non-hydrogen) atoms. The average molecular weight is 471 g/mol. The number of ether oxygens (including phenoxy) is 1. The highest BCUT2D eigenvalue weighted by Crippen LogP contribution is 2.35. The van der Waals surface area contributed by atoms with E-state index in [9.17, 15) is 9.90 Å². The number of aromatic hydroxyl groups is 1. The van der Waals surface area contributed by atoms with Crippen LogP contribution < -0.4 is 5.56 Å². The zero-order valence-electron chi connectivity index (χ0n) is 19.2. The first-order chi connectivity index (χ1) is 17.2. The summed E-state index contributed by atoms with van der Waals surface area (Å²) in [6.07, 6.45) is 3.13. The highest BCUT2D eigenvalue weighted by atomic mass is 16.6. The number of benzene rings is 2. The maximum absolute atomic E-state index is 12.0. The minimum atomic E-state index is -0.591. The molecular formula is C27H26N4O4. The maximum atomic E-state index is 12.0. The fourth-order valence-electron chi connectivity index (χ4n) is 4.36. The minimum Gasteiger partial charge on any atom is -0.502 e. The van der Waals surface area contributed by atoms with Gasteiger partial charge in [-0.2, -0.15) is 0 Å². The molecule has 1 aromatic heterocycles. The van der Waals surface area contributed by atoms with Crippen molar-refractivity contribution < 1.29 is 14.7 Å². The summed E-state index contributed by atoms with van der Waals surface area (Å²) in [4.78, 5) is 26.5. The van der Waals surface area contributed by atoms with E-state index in [-0.39, 0.29) is 11.8 Å². The molecule has 2 N–H and O–H groups in total. The highest BCUT2D eigenvalue weighted by Gasteiger charge is 2.33. The van der Waals surface area contributed by atoms with Crippen molar-refractivity contribution in [2.75, 3.05) is 26.3 Å². The van der Waals surface area contributed by atoms with E-state index < -0.39 is 17.2 Å². The Balaban J connectivity index is 1.36. The smallest absolute Gasteiger partial charge is 0.293 e. The summed E-state index contributed by atoms with van der Waals surface area (Å²) in [6, 6.07) is 16.0. The number of nitrogens with one attached hydrogen (secondary N) is 1. The van der Waals surface area contributed by atoms with Crippen molar-refractivity contribution in [2.24, 2.45) is 5.16 Å². The maximum Gasteiger partial charge on any atom is 0.293 e. The molecule has 5 rings (SSSR count). The lowest BCUT2D eigenvalue weighted by Crippen LogP contribution is -2.35. The second kappa shape index (κ2) is 10.6. The van der Waals surface area contributed by atoms with Gasteiger partial charge in [-0.3, -0.25) is 9.69 Å². The summed E-state index contributed by atoms with van der Waals surface area (Å²) in [6.45, 7) is 4.42. The summed E-state index contributed by atoms with van der Waals surface area (Å²) >= 11 is 0. The number of hydrogen-bond donors (Lipinski definition) is 2. The quantitative estimate of drug-likeness (QED) is 0.556. The first-order valence-corrected chi connectivity index (χ1v) is 11.6. The van der Waals surface area contributed by atoms with Crippen molar-refractivity contribution >= 4 is 6.21 Å². The van der Waals surface area contributed by atoms with Gasteiger partial charge in [0.15, 0.2) is 0 Å². The molecule has 0 saturated carbocycles. The molecule has 3 heterocycles. The normalized spacial score (nSPS) is 18.5. The third-order valence-corrected chi connectivity index (χ3v) is 6.19. The number of morpholine rings is 1. The van der Waals surface area contributed by atoms with Crippen molar-refractivity contribution in [2.45, 2.75) is 25.0 Å². The molecule has 8 heteroatoms. The lowest BCUT2D eigenvalue weighted by molar-refractivity contribution is 0.0342. The molecule has 2 aliphatic rings. The van der Waals surface area contributed by atoms with E-state index in [2.05, 4.69) is 44.0 Å². The van der Waals surface area contributed by atoms with Crippen LogP contribution in [0.4, 0.5) is 0 Å². The van der Waals surface area contributed by atoms with Gasteiger partial charge in [0.05, 0.1) is 25.5 Å². The number of aromatic amines is 1. The Kier molecular flexibility index (Phi) is 6.89. The Hall–Kier alpha value is -3.93. The van der Waals surface area contributed by atoms with E-state index in [1.165, 1.54) is 11.9 Å². The Morgan fingerprint density at radius 3 is 2.69 bits per heavy atom. The number of oxime groups is 1. The highest BCUT2D eigenvalue weighted by molar-refractivity contribution is 5.60. The van der Waals surface area contributed by atoms with Crippen molar-refractivity contribution in [1.82, 2.24) is 14.9 Å². The predicted octanol–water partition coefficient (Wildman–Crippen LogP) is 2.61. The molecule has 0 bridgehead atoms. The first-order valence-electron chi connectivity index (χ1n) is 11.6. The second-order valence-electron chi connectivity index (χ2n) is 8.57. The Morgan fingerprint density at radius 1 is 1.11 bits per heavy atom. The van der Waals surface area contributed by atoms with Crippen LogP contribution >= 0.6 is 0 Å². The molecule has 2 atom stereocenters. The first kappa shape index (κ1) is 22.8. The van der Waals surface area contributed by atoms with Crippen molar-refractivity contribution in [3.05, 3.63) is 93.2 Å². The molecule has 2 unspecified atom stereocenters. The van der Waals surface area contributed by atoms with E-state index in [0.29, 0.717) is 6.42 Å². The van der Waals surface area contributed by atoms with Crippen LogP contribution in [-0.2, 0) is 16.1 Å². The third-order valence-electron chi connectivity index (χ3n) is 6.19. The van der Waals surface area contributed by atoms with Gasteiger partial charge in [0.25, 0.3) is 5.56 Å². The SMILES string of the molecule is O=c1[nH]cnc(C(c2cccc(C#Cc3ccc(CN4CCOCC4)cc3)c2)C2CC=NO2)c1O. The van der Waals surface area contributed by atoms with Gasteiger partial charge in [-0.1, -0.05) is 41.3 Å². The van der Waals surface area contributed by atoms with Gasteiger partial charge in [-0.25, -0.2) is 4.98 Å². The summed E-state index contributed by atoms with van der Waals surface area (Å²) < 4.78 is 5.41.